The zero-order chi connectivity index (χ0) is 11.8. The van der Waals surface area contributed by atoms with E-state index in [4.69, 9.17) is 0 Å². The van der Waals surface area contributed by atoms with Gasteiger partial charge in [0, 0.05) is 15.3 Å². The van der Waals surface area contributed by atoms with Crippen molar-refractivity contribution in [3.05, 3.63) is 32.4 Å². The number of ketones is 1. The van der Waals surface area contributed by atoms with Crippen molar-refractivity contribution in [3.8, 4) is 0 Å². The first kappa shape index (κ1) is 11.5. The van der Waals surface area contributed by atoms with Gasteiger partial charge in [-0.25, -0.2) is 0 Å². The van der Waals surface area contributed by atoms with Crippen molar-refractivity contribution in [2.24, 2.45) is 0 Å². The lowest BCUT2D eigenvalue weighted by Crippen LogP contribution is -2.17. The minimum atomic E-state index is 0.148. The quantitative estimate of drug-likeness (QED) is 0.747. The Hall–Kier alpha value is -0.540. The van der Waals surface area contributed by atoms with Crippen LogP contribution in [0.2, 0.25) is 0 Å². The number of aryl methyl sites for hydroxylation is 2. The molecule has 0 N–H and O–H groups in total. The van der Waals surface area contributed by atoms with Gasteiger partial charge in [0.15, 0.2) is 5.78 Å². The Balaban J connectivity index is 1.96. The highest BCUT2D eigenvalue weighted by Crippen LogP contribution is 2.37. The average molecular weight is 264 g/mol. The summed E-state index contributed by atoms with van der Waals surface area (Å²) in [6.45, 7) is 2.11. The zero-order valence-electron chi connectivity index (χ0n) is 9.99. The van der Waals surface area contributed by atoms with Crippen LogP contribution in [-0.4, -0.2) is 11.0 Å². The minimum absolute atomic E-state index is 0.148. The zero-order valence-corrected chi connectivity index (χ0v) is 11.6. The molecule has 1 aliphatic heterocycles. The second kappa shape index (κ2) is 4.62. The van der Waals surface area contributed by atoms with E-state index in [1.54, 1.807) is 11.8 Å². The average Bonchev–Trinajstić information content (AvgIpc) is 2.94. The van der Waals surface area contributed by atoms with E-state index in [-0.39, 0.29) is 5.25 Å². The number of allylic oxidation sites excluding steroid dienone is 1. The van der Waals surface area contributed by atoms with Crippen LogP contribution in [0.1, 0.15) is 44.9 Å². The first-order chi connectivity index (χ1) is 8.27. The van der Waals surface area contributed by atoms with Gasteiger partial charge in [-0.05, 0) is 50.0 Å². The van der Waals surface area contributed by atoms with Crippen LogP contribution in [-0.2, 0) is 12.8 Å². The lowest BCUT2D eigenvalue weighted by atomic mass is 9.92. The third kappa shape index (κ3) is 2.00. The first-order valence-corrected chi connectivity index (χ1v) is 7.99. The maximum Gasteiger partial charge on any atom is 0.177 e. The summed E-state index contributed by atoms with van der Waals surface area (Å²) in [6, 6.07) is 0. The molecule has 0 amide bonds. The molecule has 0 aromatic carbocycles. The van der Waals surface area contributed by atoms with E-state index in [1.165, 1.54) is 34.6 Å². The van der Waals surface area contributed by atoms with Gasteiger partial charge in [-0.15, -0.1) is 23.1 Å². The molecule has 0 spiro atoms. The summed E-state index contributed by atoms with van der Waals surface area (Å²) in [6.07, 6.45) is 7.87. The summed E-state index contributed by atoms with van der Waals surface area (Å²) in [5.74, 6) is 0.372. The molecule has 1 aromatic heterocycles. The van der Waals surface area contributed by atoms with Gasteiger partial charge >= 0.3 is 0 Å². The summed E-state index contributed by atoms with van der Waals surface area (Å²) >= 11 is 3.54. The Morgan fingerprint density at radius 1 is 1.35 bits per heavy atom. The van der Waals surface area contributed by atoms with Gasteiger partial charge in [0.05, 0.1) is 5.25 Å². The Morgan fingerprint density at radius 3 is 2.94 bits per heavy atom. The van der Waals surface area contributed by atoms with Crippen molar-refractivity contribution in [2.75, 3.05) is 0 Å². The van der Waals surface area contributed by atoms with Gasteiger partial charge in [-0.2, -0.15) is 0 Å². The molecule has 0 radical (unpaired) electrons. The van der Waals surface area contributed by atoms with Crippen LogP contribution in [0.25, 0.3) is 0 Å². The molecule has 1 aromatic rings. The predicted molar refractivity (Wildman–Crippen MR) is 75.2 cm³/mol. The highest BCUT2D eigenvalue weighted by atomic mass is 32.2. The molecule has 0 fully saturated rings. The number of Topliss-reactive ketones (excluding diaryl/α,β-unsaturated/α-hetero) is 1. The molecule has 3 rings (SSSR count). The van der Waals surface area contributed by atoms with Crippen LogP contribution in [0.5, 0.6) is 0 Å². The SMILES string of the molecule is Cc1sc2c(c1C(=O)C1CC=CS1)CCCC2. The van der Waals surface area contributed by atoms with Gasteiger partial charge in [0.2, 0.25) is 0 Å². The fourth-order valence-electron chi connectivity index (χ4n) is 2.74. The van der Waals surface area contributed by atoms with Crippen molar-refractivity contribution in [1.29, 1.82) is 0 Å². The topological polar surface area (TPSA) is 17.1 Å². The van der Waals surface area contributed by atoms with Crippen molar-refractivity contribution >= 4 is 28.9 Å². The van der Waals surface area contributed by atoms with Crippen molar-refractivity contribution in [2.45, 2.75) is 44.3 Å². The number of fused-ring (bicyclic) bond motifs is 1. The summed E-state index contributed by atoms with van der Waals surface area (Å²) in [4.78, 5) is 15.3. The van der Waals surface area contributed by atoms with Crippen LogP contribution in [0.3, 0.4) is 0 Å². The van der Waals surface area contributed by atoms with Crippen molar-refractivity contribution in [3.63, 3.8) is 0 Å². The summed E-state index contributed by atoms with van der Waals surface area (Å²) in [7, 11) is 0. The molecule has 1 unspecified atom stereocenters. The van der Waals surface area contributed by atoms with E-state index < -0.39 is 0 Å². The lowest BCUT2D eigenvalue weighted by molar-refractivity contribution is 0.0989. The molecular weight excluding hydrogens is 248 g/mol. The second-order valence-electron chi connectivity index (χ2n) is 4.74. The van der Waals surface area contributed by atoms with Crippen molar-refractivity contribution < 1.29 is 4.79 Å². The molecule has 90 valence electrons. The molecule has 1 aliphatic carbocycles. The summed E-state index contributed by atoms with van der Waals surface area (Å²) in [5, 5.41) is 2.21. The Labute approximate surface area is 110 Å². The maximum absolute atomic E-state index is 12.5. The number of thiophene rings is 1. The monoisotopic (exact) mass is 264 g/mol. The number of carbonyl (C=O) groups is 1. The molecule has 1 nitrogen and oxygen atoms in total. The molecule has 0 bridgehead atoms. The maximum atomic E-state index is 12.5. The summed E-state index contributed by atoms with van der Waals surface area (Å²) < 4.78 is 0. The van der Waals surface area contributed by atoms with Gasteiger partial charge < -0.3 is 0 Å². The predicted octanol–water partition coefficient (Wildman–Crippen LogP) is 4.14. The fourth-order valence-corrected chi connectivity index (χ4v) is 4.88. The largest absolute Gasteiger partial charge is 0.293 e. The van der Waals surface area contributed by atoms with Crippen molar-refractivity contribution in [1.82, 2.24) is 0 Å². The smallest absolute Gasteiger partial charge is 0.177 e. The highest BCUT2D eigenvalue weighted by molar-refractivity contribution is 8.03. The number of carbonyl (C=O) groups excluding carboxylic acids is 1. The van der Waals surface area contributed by atoms with E-state index in [9.17, 15) is 4.79 Å². The van der Waals surface area contributed by atoms with Crippen LogP contribution < -0.4 is 0 Å². The third-order valence-electron chi connectivity index (χ3n) is 3.58. The van der Waals surface area contributed by atoms with E-state index in [1.807, 2.05) is 11.3 Å². The molecular formula is C14H16OS2. The molecule has 0 saturated carbocycles. The molecule has 2 heterocycles. The standard InChI is InChI=1S/C14H16OS2/c1-9-13(14(15)12-7-4-8-16-12)10-5-2-3-6-11(10)17-9/h4,8,12H,2-3,5-7H2,1H3. The fraction of sp³-hybridized carbons (Fsp3) is 0.500. The van der Waals surface area contributed by atoms with Crippen LogP contribution >= 0.6 is 23.1 Å². The third-order valence-corrected chi connectivity index (χ3v) is 5.87. The normalized spacial score (nSPS) is 22.8. The Bertz CT molecular complexity index is 477. The van der Waals surface area contributed by atoms with Crippen LogP contribution in [0.4, 0.5) is 0 Å². The van der Waals surface area contributed by atoms with E-state index in [0.717, 1.165) is 18.4 Å². The van der Waals surface area contributed by atoms with Gasteiger partial charge in [0.1, 0.15) is 0 Å². The van der Waals surface area contributed by atoms with Crippen LogP contribution in [0, 0.1) is 6.92 Å². The molecule has 0 saturated heterocycles. The van der Waals surface area contributed by atoms with Gasteiger partial charge in [-0.1, -0.05) is 6.08 Å². The van der Waals surface area contributed by atoms with E-state index in [2.05, 4.69) is 18.4 Å². The van der Waals surface area contributed by atoms with E-state index >= 15 is 0 Å². The number of hydrogen-bond acceptors (Lipinski definition) is 3. The highest BCUT2D eigenvalue weighted by Gasteiger charge is 2.28. The molecule has 2 aliphatic rings. The number of thioether (sulfide) groups is 1. The second-order valence-corrected chi connectivity index (χ2v) is 7.16. The van der Waals surface area contributed by atoms with Crippen LogP contribution in [0.15, 0.2) is 11.5 Å². The first-order valence-electron chi connectivity index (χ1n) is 6.23. The minimum Gasteiger partial charge on any atom is -0.293 e. The van der Waals surface area contributed by atoms with E-state index in [0.29, 0.717) is 5.78 Å². The molecule has 17 heavy (non-hydrogen) atoms. The lowest BCUT2D eigenvalue weighted by Gasteiger charge is -2.14. The Kier molecular flexibility index (Phi) is 3.14. The Morgan fingerprint density at radius 2 is 2.18 bits per heavy atom. The summed E-state index contributed by atoms with van der Waals surface area (Å²) in [5.41, 5.74) is 2.46. The van der Waals surface area contributed by atoms with Gasteiger partial charge in [-0.3, -0.25) is 4.79 Å². The van der Waals surface area contributed by atoms with Gasteiger partial charge in [0.25, 0.3) is 0 Å². The number of rotatable bonds is 2. The molecule has 3 heteroatoms. The molecule has 1 atom stereocenters. The number of hydrogen-bond donors (Lipinski definition) is 0.